The molecule has 150 valence electrons. The number of nitrogens with zero attached hydrogens (tertiary/aromatic N) is 3. The third-order valence-corrected chi connectivity index (χ3v) is 6.42. The van der Waals surface area contributed by atoms with Crippen molar-refractivity contribution < 1.29 is 4.79 Å². The van der Waals surface area contributed by atoms with Crippen LogP contribution in [0, 0.1) is 12.8 Å². The van der Waals surface area contributed by atoms with Crippen molar-refractivity contribution in [2.45, 2.75) is 23.6 Å². The number of rotatable bonds is 8. The first kappa shape index (κ1) is 20.1. The van der Waals surface area contributed by atoms with E-state index in [0.717, 1.165) is 10.5 Å². The molecular weight excluding hydrogens is 390 g/mol. The minimum Gasteiger partial charge on any atom is -0.294 e. The van der Waals surface area contributed by atoms with Crippen molar-refractivity contribution in [3.05, 3.63) is 114 Å². The number of benzene rings is 3. The Morgan fingerprint density at radius 3 is 2.23 bits per heavy atom. The summed E-state index contributed by atoms with van der Waals surface area (Å²) in [4.78, 5) is 18.9. The SMILES string of the molecule is Cc1ccc(S[C@@H](c2ccccc2)[C@H](Cn2cncn2)C(=O)c2ccccc2)cc1. The Kier molecular flexibility index (Phi) is 6.40. The third kappa shape index (κ3) is 4.86. The van der Waals surface area contributed by atoms with E-state index < -0.39 is 0 Å². The van der Waals surface area contributed by atoms with Gasteiger partial charge < -0.3 is 0 Å². The van der Waals surface area contributed by atoms with E-state index in [1.54, 1.807) is 22.8 Å². The fourth-order valence-corrected chi connectivity index (χ4v) is 4.70. The second-order valence-electron chi connectivity index (χ2n) is 7.22. The molecule has 3 aromatic carbocycles. The summed E-state index contributed by atoms with van der Waals surface area (Å²) in [6.45, 7) is 2.54. The average molecular weight is 414 g/mol. The Morgan fingerprint density at radius 1 is 0.933 bits per heavy atom. The summed E-state index contributed by atoms with van der Waals surface area (Å²) in [5.41, 5.74) is 3.06. The van der Waals surface area contributed by atoms with Crippen molar-refractivity contribution in [3.8, 4) is 0 Å². The standard InChI is InChI=1S/C25H23N3OS/c1-19-12-14-22(15-13-19)30-25(21-10-6-3-7-11-21)23(16-28-18-26-17-27-28)24(29)20-8-4-2-5-9-20/h2-15,17-18,23,25H,16H2,1H3/t23-,25+/m1/s1. The minimum atomic E-state index is -0.303. The number of hydrogen-bond acceptors (Lipinski definition) is 4. The molecule has 0 saturated carbocycles. The molecule has 0 bridgehead atoms. The van der Waals surface area contributed by atoms with Gasteiger partial charge in [-0.2, -0.15) is 5.10 Å². The van der Waals surface area contributed by atoms with E-state index in [1.165, 1.54) is 11.9 Å². The van der Waals surface area contributed by atoms with Gasteiger partial charge in [-0.1, -0.05) is 78.4 Å². The molecule has 0 aliphatic heterocycles. The number of carbonyl (C=O) groups is 1. The number of carbonyl (C=O) groups excluding carboxylic acids is 1. The van der Waals surface area contributed by atoms with Gasteiger partial charge in [0.2, 0.25) is 0 Å². The molecule has 30 heavy (non-hydrogen) atoms. The highest BCUT2D eigenvalue weighted by molar-refractivity contribution is 7.99. The Hall–Kier alpha value is -3.18. The van der Waals surface area contributed by atoms with Crippen LogP contribution in [0.5, 0.6) is 0 Å². The number of ketones is 1. The molecule has 0 spiro atoms. The minimum absolute atomic E-state index is 0.0641. The number of thioether (sulfide) groups is 1. The molecule has 1 aromatic heterocycles. The molecule has 4 nitrogen and oxygen atoms in total. The van der Waals surface area contributed by atoms with Gasteiger partial charge in [0.25, 0.3) is 0 Å². The molecular formula is C25H23N3OS. The van der Waals surface area contributed by atoms with Crippen molar-refractivity contribution in [2.24, 2.45) is 5.92 Å². The van der Waals surface area contributed by atoms with Crippen LogP contribution in [0.4, 0.5) is 0 Å². The van der Waals surface area contributed by atoms with Crippen LogP contribution in [0.2, 0.25) is 0 Å². The highest BCUT2D eigenvalue weighted by Crippen LogP contribution is 2.42. The van der Waals surface area contributed by atoms with Gasteiger partial charge in [-0.3, -0.25) is 9.48 Å². The lowest BCUT2D eigenvalue weighted by molar-refractivity contribution is 0.0901. The molecule has 2 atom stereocenters. The molecule has 0 unspecified atom stereocenters. The Labute approximate surface area is 181 Å². The van der Waals surface area contributed by atoms with Crippen LogP contribution in [-0.2, 0) is 6.54 Å². The molecule has 0 fully saturated rings. The Morgan fingerprint density at radius 2 is 1.60 bits per heavy atom. The fraction of sp³-hybridized carbons (Fsp3) is 0.160. The van der Waals surface area contributed by atoms with E-state index in [2.05, 4.69) is 53.4 Å². The van der Waals surface area contributed by atoms with Gasteiger partial charge in [0.05, 0.1) is 12.5 Å². The number of hydrogen-bond donors (Lipinski definition) is 0. The van der Waals surface area contributed by atoms with E-state index >= 15 is 0 Å². The Balaban J connectivity index is 1.75. The normalized spacial score (nSPS) is 13.0. The largest absolute Gasteiger partial charge is 0.294 e. The maximum Gasteiger partial charge on any atom is 0.169 e. The zero-order valence-electron chi connectivity index (χ0n) is 16.8. The van der Waals surface area contributed by atoms with E-state index in [9.17, 15) is 4.79 Å². The summed E-state index contributed by atoms with van der Waals surface area (Å²) in [5, 5.41) is 4.21. The maximum absolute atomic E-state index is 13.7. The molecule has 4 aromatic rings. The van der Waals surface area contributed by atoms with Crippen molar-refractivity contribution >= 4 is 17.5 Å². The molecule has 0 radical (unpaired) electrons. The second-order valence-corrected chi connectivity index (χ2v) is 8.43. The summed E-state index contributed by atoms with van der Waals surface area (Å²) >= 11 is 1.72. The maximum atomic E-state index is 13.7. The van der Waals surface area contributed by atoms with Crippen molar-refractivity contribution in [3.63, 3.8) is 0 Å². The lowest BCUT2D eigenvalue weighted by Gasteiger charge is -2.26. The van der Waals surface area contributed by atoms with Gasteiger partial charge >= 0.3 is 0 Å². The van der Waals surface area contributed by atoms with Crippen LogP contribution in [0.15, 0.2) is 102 Å². The summed E-state index contributed by atoms with van der Waals surface area (Å²) in [6.07, 6.45) is 3.18. The fourth-order valence-electron chi connectivity index (χ4n) is 3.45. The monoisotopic (exact) mass is 413 g/mol. The number of Topliss-reactive ketones (excluding diaryl/α,β-unsaturated/α-hetero) is 1. The predicted molar refractivity (Wildman–Crippen MR) is 121 cm³/mol. The Bertz CT molecular complexity index is 1060. The first-order chi connectivity index (χ1) is 14.7. The van der Waals surface area contributed by atoms with Gasteiger partial charge in [-0.05, 0) is 24.6 Å². The quantitative estimate of drug-likeness (QED) is 0.278. The lowest BCUT2D eigenvalue weighted by Crippen LogP contribution is -2.26. The molecule has 4 rings (SSSR count). The molecule has 0 saturated heterocycles. The van der Waals surface area contributed by atoms with Gasteiger partial charge in [-0.25, -0.2) is 4.98 Å². The highest BCUT2D eigenvalue weighted by Gasteiger charge is 2.32. The smallest absolute Gasteiger partial charge is 0.169 e. The van der Waals surface area contributed by atoms with Crippen LogP contribution in [0.25, 0.3) is 0 Å². The first-order valence-corrected chi connectivity index (χ1v) is 10.8. The van der Waals surface area contributed by atoms with Crippen LogP contribution in [-0.4, -0.2) is 20.5 Å². The van der Waals surface area contributed by atoms with E-state index in [0.29, 0.717) is 12.1 Å². The zero-order valence-corrected chi connectivity index (χ0v) is 17.6. The van der Waals surface area contributed by atoms with Crippen molar-refractivity contribution in [2.75, 3.05) is 0 Å². The van der Waals surface area contributed by atoms with Crippen molar-refractivity contribution in [1.82, 2.24) is 14.8 Å². The van der Waals surface area contributed by atoms with Crippen LogP contribution in [0.1, 0.15) is 26.7 Å². The summed E-state index contributed by atoms with van der Waals surface area (Å²) in [5.74, 6) is -0.192. The predicted octanol–water partition coefficient (Wildman–Crippen LogP) is 5.62. The second kappa shape index (κ2) is 9.55. The van der Waals surface area contributed by atoms with E-state index in [-0.39, 0.29) is 17.0 Å². The molecule has 0 N–H and O–H groups in total. The topological polar surface area (TPSA) is 47.8 Å². The van der Waals surface area contributed by atoms with Gasteiger partial charge in [0, 0.05) is 15.7 Å². The lowest BCUT2D eigenvalue weighted by atomic mass is 9.90. The summed E-state index contributed by atoms with van der Waals surface area (Å²) in [6, 6.07) is 28.2. The molecule has 0 amide bonds. The average Bonchev–Trinajstić information content (AvgIpc) is 3.31. The molecule has 1 heterocycles. The molecule has 0 aliphatic carbocycles. The van der Waals surface area contributed by atoms with Crippen LogP contribution >= 0.6 is 11.8 Å². The molecule has 0 aliphatic rings. The van der Waals surface area contributed by atoms with Crippen LogP contribution in [0.3, 0.4) is 0 Å². The first-order valence-electron chi connectivity index (χ1n) is 9.90. The molecule has 5 heteroatoms. The van der Waals surface area contributed by atoms with Crippen LogP contribution < -0.4 is 0 Å². The number of aryl methyl sites for hydroxylation is 1. The third-order valence-electron chi connectivity index (χ3n) is 5.02. The van der Waals surface area contributed by atoms with Gasteiger partial charge in [0.1, 0.15) is 12.7 Å². The highest BCUT2D eigenvalue weighted by atomic mass is 32.2. The van der Waals surface area contributed by atoms with Gasteiger partial charge in [0.15, 0.2) is 5.78 Å². The van der Waals surface area contributed by atoms with E-state index in [4.69, 9.17) is 0 Å². The van der Waals surface area contributed by atoms with Crippen molar-refractivity contribution in [1.29, 1.82) is 0 Å². The zero-order chi connectivity index (χ0) is 20.8. The summed E-state index contributed by atoms with van der Waals surface area (Å²) < 4.78 is 1.75. The van der Waals surface area contributed by atoms with E-state index in [1.807, 2.05) is 48.5 Å². The van der Waals surface area contributed by atoms with Gasteiger partial charge in [-0.15, -0.1) is 11.8 Å². The summed E-state index contributed by atoms with van der Waals surface area (Å²) in [7, 11) is 0. The number of aromatic nitrogens is 3.